The van der Waals surface area contributed by atoms with E-state index in [1.54, 1.807) is 35.4 Å². The molecule has 2 aliphatic heterocycles. The Balaban J connectivity index is 1.06. The fraction of sp³-hybridized carbons (Fsp3) is 0.273. The van der Waals surface area contributed by atoms with E-state index in [1.165, 1.54) is 18.2 Å². The lowest BCUT2D eigenvalue weighted by Gasteiger charge is -2.44. The monoisotopic (exact) mass is 586 g/mol. The molecule has 0 radical (unpaired) electrons. The molecule has 9 heteroatoms. The maximum absolute atomic E-state index is 13.4. The molecule has 7 nitrogen and oxygen atoms in total. The number of nitrogens with zero attached hydrogens (tertiary/aromatic N) is 2. The average molecular weight is 587 g/mol. The number of halogens is 1. The molecule has 1 saturated heterocycles. The molecule has 1 aromatic heterocycles. The van der Waals surface area contributed by atoms with Gasteiger partial charge < -0.3 is 14.4 Å². The first-order chi connectivity index (χ1) is 20.3. The molecule has 2 aliphatic rings. The summed E-state index contributed by atoms with van der Waals surface area (Å²) in [7, 11) is -3.34. The van der Waals surface area contributed by atoms with E-state index in [1.807, 2.05) is 36.4 Å². The third-order valence-corrected chi connectivity index (χ3v) is 9.45. The quantitative estimate of drug-likeness (QED) is 0.261. The molecule has 1 fully saturated rings. The van der Waals surface area contributed by atoms with Crippen molar-refractivity contribution in [3.05, 3.63) is 114 Å². The molecule has 1 spiro atoms. The number of sulfone groups is 1. The average Bonchev–Trinajstić information content (AvgIpc) is 2.98. The summed E-state index contributed by atoms with van der Waals surface area (Å²) in [4.78, 5) is 18.4. The second-order valence-electron chi connectivity index (χ2n) is 11.0. The summed E-state index contributed by atoms with van der Waals surface area (Å²) in [5, 5.41) is 0. The van der Waals surface area contributed by atoms with Crippen LogP contribution in [0.1, 0.15) is 36.1 Å². The van der Waals surface area contributed by atoms with Gasteiger partial charge in [0, 0.05) is 38.2 Å². The van der Waals surface area contributed by atoms with Gasteiger partial charge in [-0.05, 0) is 71.5 Å². The van der Waals surface area contributed by atoms with Gasteiger partial charge in [0.05, 0.1) is 17.2 Å². The smallest absolute Gasteiger partial charge is 0.415 e. The number of pyridine rings is 1. The molecule has 0 bridgehead atoms. The largest absolute Gasteiger partial charge is 0.487 e. The number of fused-ring (bicyclic) bond motifs is 1. The lowest BCUT2D eigenvalue weighted by molar-refractivity contribution is -0.00948. The van der Waals surface area contributed by atoms with Gasteiger partial charge in [-0.3, -0.25) is 4.98 Å². The third kappa shape index (κ3) is 6.46. The van der Waals surface area contributed by atoms with Gasteiger partial charge in [0.2, 0.25) is 0 Å². The summed E-state index contributed by atoms with van der Waals surface area (Å²) in [6.45, 7) is 1.01. The predicted octanol–water partition coefficient (Wildman–Crippen LogP) is 6.36. The normalized spacial score (nSPS) is 16.0. The zero-order chi connectivity index (χ0) is 29.2. The number of rotatable bonds is 6. The van der Waals surface area contributed by atoms with Gasteiger partial charge in [0.1, 0.15) is 22.9 Å². The zero-order valence-electron chi connectivity index (χ0n) is 23.0. The van der Waals surface area contributed by atoms with Crippen LogP contribution in [-0.4, -0.2) is 43.1 Å². The highest BCUT2D eigenvalue weighted by Crippen LogP contribution is 2.41. The van der Waals surface area contributed by atoms with Crippen molar-refractivity contribution in [2.75, 3.05) is 13.1 Å². The van der Waals surface area contributed by atoms with Crippen LogP contribution in [0.3, 0.4) is 0 Å². The SMILES string of the molecule is O=C(Oc1cccc(F)c1)N1CCC2(CCc3cc(-c4ccc(CS(=O)(=O)Cc5ccccn5)cc4)ccc3O2)CC1. The summed E-state index contributed by atoms with van der Waals surface area (Å²) < 4.78 is 50.6. The second kappa shape index (κ2) is 11.6. The highest BCUT2D eigenvalue weighted by molar-refractivity contribution is 7.89. The van der Waals surface area contributed by atoms with Crippen LogP contribution in [0, 0.1) is 5.82 Å². The van der Waals surface area contributed by atoms with Crippen LogP contribution < -0.4 is 9.47 Å². The summed E-state index contributed by atoms with van der Waals surface area (Å²) in [5.74, 6) is 0.482. The molecule has 216 valence electrons. The first kappa shape index (κ1) is 27.9. The van der Waals surface area contributed by atoms with E-state index in [-0.39, 0.29) is 22.9 Å². The summed E-state index contributed by atoms with van der Waals surface area (Å²) in [5.41, 5.74) is 4.14. The Hall–Kier alpha value is -4.24. The van der Waals surface area contributed by atoms with Gasteiger partial charge in [0.15, 0.2) is 9.84 Å². The third-order valence-electron chi connectivity index (χ3n) is 7.94. The summed E-state index contributed by atoms with van der Waals surface area (Å²) >= 11 is 0. The van der Waals surface area contributed by atoms with Crippen molar-refractivity contribution in [1.29, 1.82) is 0 Å². The fourth-order valence-electron chi connectivity index (χ4n) is 5.65. The van der Waals surface area contributed by atoms with Gasteiger partial charge in [-0.25, -0.2) is 17.6 Å². The number of aryl methyl sites for hydroxylation is 1. The molecule has 1 amide bonds. The standard InChI is InChI=1S/C33H31FN2O5S/c34-28-4-3-6-30(21-28)40-32(37)36-18-15-33(16-19-36)14-13-27-20-26(11-12-31(27)41-33)25-9-7-24(8-10-25)22-42(38,39)23-29-5-1-2-17-35-29/h1-12,17,20-21H,13-16,18-19,22-23H2. The zero-order valence-corrected chi connectivity index (χ0v) is 23.9. The minimum atomic E-state index is -3.34. The molecule has 3 aromatic carbocycles. The Morgan fingerprint density at radius 2 is 1.69 bits per heavy atom. The predicted molar refractivity (Wildman–Crippen MR) is 157 cm³/mol. The summed E-state index contributed by atoms with van der Waals surface area (Å²) in [6.07, 6.45) is 4.22. The molecular weight excluding hydrogens is 555 g/mol. The number of piperidine rings is 1. The van der Waals surface area contributed by atoms with E-state index >= 15 is 0 Å². The number of likely N-dealkylation sites (tertiary alicyclic amines) is 1. The van der Waals surface area contributed by atoms with Crippen LogP contribution in [0.2, 0.25) is 0 Å². The van der Waals surface area contributed by atoms with Crippen molar-refractivity contribution in [3.63, 3.8) is 0 Å². The van der Waals surface area contributed by atoms with Crippen molar-refractivity contribution >= 4 is 15.9 Å². The lowest BCUT2D eigenvalue weighted by atomic mass is 9.82. The topological polar surface area (TPSA) is 85.8 Å². The number of carbonyl (C=O) groups excluding carboxylic acids is 1. The van der Waals surface area contributed by atoms with Crippen LogP contribution in [-0.2, 0) is 27.8 Å². The van der Waals surface area contributed by atoms with Gasteiger partial charge in [-0.15, -0.1) is 0 Å². The molecule has 4 aromatic rings. The van der Waals surface area contributed by atoms with Crippen molar-refractivity contribution < 1.29 is 27.1 Å². The molecule has 0 aliphatic carbocycles. The highest BCUT2D eigenvalue weighted by atomic mass is 32.2. The highest BCUT2D eigenvalue weighted by Gasteiger charge is 2.41. The van der Waals surface area contributed by atoms with Crippen LogP contribution in [0.15, 0.2) is 91.1 Å². The van der Waals surface area contributed by atoms with Crippen LogP contribution in [0.4, 0.5) is 9.18 Å². The molecule has 0 unspecified atom stereocenters. The van der Waals surface area contributed by atoms with Crippen molar-refractivity contribution in [1.82, 2.24) is 9.88 Å². The van der Waals surface area contributed by atoms with Crippen LogP contribution in [0.5, 0.6) is 11.5 Å². The molecular formula is C33H31FN2O5S. The van der Waals surface area contributed by atoms with Crippen molar-refractivity contribution in [3.8, 4) is 22.6 Å². The van der Waals surface area contributed by atoms with Gasteiger partial charge >= 0.3 is 6.09 Å². The minimum absolute atomic E-state index is 0.0378. The Kier molecular flexibility index (Phi) is 7.68. The van der Waals surface area contributed by atoms with E-state index in [9.17, 15) is 17.6 Å². The number of hydrogen-bond acceptors (Lipinski definition) is 6. The number of benzene rings is 3. The number of aromatic nitrogens is 1. The second-order valence-corrected chi connectivity index (χ2v) is 13.0. The number of amides is 1. The number of hydrogen-bond donors (Lipinski definition) is 0. The van der Waals surface area contributed by atoms with E-state index in [0.29, 0.717) is 31.6 Å². The van der Waals surface area contributed by atoms with E-state index in [2.05, 4.69) is 11.1 Å². The van der Waals surface area contributed by atoms with E-state index in [4.69, 9.17) is 9.47 Å². The summed E-state index contributed by atoms with van der Waals surface area (Å²) in [6, 6.07) is 24.7. The molecule has 0 saturated carbocycles. The van der Waals surface area contributed by atoms with Gasteiger partial charge in [-0.1, -0.05) is 42.5 Å². The van der Waals surface area contributed by atoms with E-state index in [0.717, 1.165) is 40.8 Å². The molecule has 0 N–H and O–H groups in total. The first-order valence-electron chi connectivity index (χ1n) is 14.0. The fourth-order valence-corrected chi connectivity index (χ4v) is 7.08. The molecule has 6 rings (SSSR count). The Bertz CT molecular complexity index is 1690. The Labute approximate surface area is 244 Å². The van der Waals surface area contributed by atoms with Gasteiger partial charge in [0.25, 0.3) is 0 Å². The maximum atomic E-state index is 13.4. The number of ether oxygens (including phenoxy) is 2. The Morgan fingerprint density at radius 1 is 0.905 bits per heavy atom. The minimum Gasteiger partial charge on any atom is -0.487 e. The molecule has 42 heavy (non-hydrogen) atoms. The molecule has 3 heterocycles. The molecule has 0 atom stereocenters. The van der Waals surface area contributed by atoms with Crippen molar-refractivity contribution in [2.24, 2.45) is 0 Å². The van der Waals surface area contributed by atoms with Gasteiger partial charge in [-0.2, -0.15) is 0 Å². The first-order valence-corrected chi connectivity index (χ1v) is 15.8. The van der Waals surface area contributed by atoms with Crippen LogP contribution >= 0.6 is 0 Å². The lowest BCUT2D eigenvalue weighted by Crippen LogP contribution is -2.51. The Morgan fingerprint density at radius 3 is 2.43 bits per heavy atom. The number of carbonyl (C=O) groups is 1. The van der Waals surface area contributed by atoms with E-state index < -0.39 is 21.7 Å². The van der Waals surface area contributed by atoms with Crippen LogP contribution in [0.25, 0.3) is 11.1 Å². The van der Waals surface area contributed by atoms with Crippen molar-refractivity contribution in [2.45, 2.75) is 42.8 Å². The maximum Gasteiger partial charge on any atom is 0.415 e.